The van der Waals surface area contributed by atoms with E-state index in [0.717, 1.165) is 0 Å². The molecule has 0 radical (unpaired) electrons. The molecule has 9 nitrogen and oxygen atoms in total. The summed E-state index contributed by atoms with van der Waals surface area (Å²) in [6.07, 6.45) is 0. The van der Waals surface area contributed by atoms with E-state index in [4.69, 9.17) is 33.9 Å². The maximum absolute atomic E-state index is 10.1. The van der Waals surface area contributed by atoms with Crippen LogP contribution in [0.15, 0.2) is 0 Å². The molecular weight excluding hydrogens is 288 g/mol. The van der Waals surface area contributed by atoms with E-state index >= 15 is 0 Å². The minimum Gasteiger partial charge on any atom is -0.480 e. The Morgan fingerprint density at radius 2 is 0.762 bits per heavy atom. The fraction of sp³-hybridized carbons (Fsp3) is 0.833. The number of carbonyl (C=O) groups is 2. The van der Waals surface area contributed by atoms with E-state index < -0.39 is 11.9 Å². The van der Waals surface area contributed by atoms with Gasteiger partial charge in [0.1, 0.15) is 13.2 Å². The molecule has 0 unspecified atom stereocenters. The molecule has 0 fully saturated rings. The molecule has 0 aliphatic carbocycles. The summed E-state index contributed by atoms with van der Waals surface area (Å²) >= 11 is 0. The summed E-state index contributed by atoms with van der Waals surface area (Å²) in [5.41, 5.74) is 0. The number of hydrogen-bond acceptors (Lipinski definition) is 7. The van der Waals surface area contributed by atoms with Gasteiger partial charge in [0.15, 0.2) is 0 Å². The van der Waals surface area contributed by atoms with Gasteiger partial charge in [-0.05, 0) is 0 Å². The van der Waals surface area contributed by atoms with Crippen molar-refractivity contribution in [3.05, 3.63) is 0 Å². The molecule has 0 aromatic heterocycles. The van der Waals surface area contributed by atoms with Gasteiger partial charge in [0.2, 0.25) is 0 Å². The van der Waals surface area contributed by atoms with Gasteiger partial charge in [0.25, 0.3) is 0 Å². The van der Waals surface area contributed by atoms with Crippen molar-refractivity contribution in [2.24, 2.45) is 0 Å². The topological polar surface area (TPSA) is 121 Å². The predicted molar refractivity (Wildman–Crippen MR) is 69.4 cm³/mol. The second-order valence-electron chi connectivity index (χ2n) is 3.73. The van der Waals surface area contributed by atoms with Crippen LogP contribution in [0.25, 0.3) is 0 Å². The van der Waals surface area contributed by atoms with Crippen molar-refractivity contribution in [3.8, 4) is 0 Å². The molecule has 9 heteroatoms. The molecule has 0 atom stereocenters. The summed E-state index contributed by atoms with van der Waals surface area (Å²) in [6, 6.07) is 0. The summed E-state index contributed by atoms with van der Waals surface area (Å²) < 4.78 is 25.0. The zero-order valence-electron chi connectivity index (χ0n) is 11.8. The summed E-state index contributed by atoms with van der Waals surface area (Å²) in [7, 11) is 0. The Balaban J connectivity index is 2.99. The monoisotopic (exact) mass is 310 g/mol. The average molecular weight is 310 g/mol. The van der Waals surface area contributed by atoms with Crippen molar-refractivity contribution in [1.82, 2.24) is 0 Å². The molecule has 0 aliphatic heterocycles. The van der Waals surface area contributed by atoms with Gasteiger partial charge in [-0.3, -0.25) is 0 Å². The summed E-state index contributed by atoms with van der Waals surface area (Å²) in [4.78, 5) is 20.2. The van der Waals surface area contributed by atoms with Gasteiger partial charge in [0.05, 0.1) is 52.9 Å². The lowest BCUT2D eigenvalue weighted by molar-refractivity contribution is -0.143. The van der Waals surface area contributed by atoms with Gasteiger partial charge < -0.3 is 33.9 Å². The molecule has 0 rings (SSSR count). The summed E-state index contributed by atoms with van der Waals surface area (Å²) in [5, 5.41) is 16.6. The largest absolute Gasteiger partial charge is 0.480 e. The first-order valence-corrected chi connectivity index (χ1v) is 6.45. The maximum Gasteiger partial charge on any atom is 0.329 e. The molecule has 0 aromatic carbocycles. The van der Waals surface area contributed by atoms with Gasteiger partial charge >= 0.3 is 11.9 Å². The fourth-order valence-corrected chi connectivity index (χ4v) is 1.10. The standard InChI is InChI=1S/C12H22O9/c13-11(14)9-20-7-5-18-3-1-17-2-4-19-6-8-21-10-12(15)16/h1-10H2,(H,13,14)(H,15,16). The Morgan fingerprint density at radius 3 is 1.00 bits per heavy atom. The van der Waals surface area contributed by atoms with Crippen molar-refractivity contribution in [3.63, 3.8) is 0 Å². The van der Waals surface area contributed by atoms with Crippen LogP contribution in [0.5, 0.6) is 0 Å². The molecule has 0 saturated heterocycles. The second kappa shape index (κ2) is 15.1. The minimum absolute atomic E-state index is 0.228. The van der Waals surface area contributed by atoms with Crippen LogP contribution in [0.3, 0.4) is 0 Å². The van der Waals surface area contributed by atoms with E-state index in [1.165, 1.54) is 0 Å². The van der Waals surface area contributed by atoms with E-state index in [1.54, 1.807) is 0 Å². The molecule has 0 heterocycles. The van der Waals surface area contributed by atoms with Crippen LogP contribution in [0.1, 0.15) is 0 Å². The number of rotatable bonds is 16. The highest BCUT2D eigenvalue weighted by molar-refractivity contribution is 5.68. The van der Waals surface area contributed by atoms with E-state index in [1.807, 2.05) is 0 Å². The Bertz CT molecular complexity index is 243. The van der Waals surface area contributed by atoms with Crippen molar-refractivity contribution in [2.75, 3.05) is 66.1 Å². The van der Waals surface area contributed by atoms with Gasteiger partial charge in [0, 0.05) is 0 Å². The molecule has 2 N–H and O–H groups in total. The lowest BCUT2D eigenvalue weighted by atomic mass is 10.6. The Kier molecular flexibility index (Phi) is 14.2. The molecule has 0 bridgehead atoms. The highest BCUT2D eigenvalue weighted by Gasteiger charge is 1.97. The third kappa shape index (κ3) is 18.7. The first kappa shape index (κ1) is 19.7. The normalized spacial score (nSPS) is 10.7. The lowest BCUT2D eigenvalue weighted by Crippen LogP contribution is -2.15. The quantitative estimate of drug-likeness (QED) is 0.354. The summed E-state index contributed by atoms with van der Waals surface area (Å²) in [5.74, 6) is -2.02. The Morgan fingerprint density at radius 1 is 0.524 bits per heavy atom. The molecule has 0 spiro atoms. The van der Waals surface area contributed by atoms with Crippen molar-refractivity contribution in [2.45, 2.75) is 0 Å². The predicted octanol–water partition coefficient (Wildman–Crippen LogP) is -0.761. The molecule has 0 aromatic rings. The van der Waals surface area contributed by atoms with E-state index in [9.17, 15) is 9.59 Å². The van der Waals surface area contributed by atoms with Gasteiger partial charge in [-0.2, -0.15) is 0 Å². The van der Waals surface area contributed by atoms with Gasteiger partial charge in [-0.25, -0.2) is 9.59 Å². The Labute approximate surface area is 122 Å². The minimum atomic E-state index is -1.01. The van der Waals surface area contributed by atoms with Crippen molar-refractivity contribution >= 4 is 11.9 Å². The molecule has 0 saturated carbocycles. The Hall–Kier alpha value is -1.26. The van der Waals surface area contributed by atoms with Crippen LogP contribution in [0.4, 0.5) is 0 Å². The zero-order chi connectivity index (χ0) is 15.8. The van der Waals surface area contributed by atoms with Crippen LogP contribution < -0.4 is 0 Å². The first-order valence-electron chi connectivity index (χ1n) is 6.45. The van der Waals surface area contributed by atoms with E-state index in [2.05, 4.69) is 0 Å². The third-order valence-corrected chi connectivity index (χ3v) is 1.94. The SMILES string of the molecule is O=C(O)COCCOCCOCCOCCOCC(=O)O. The number of aliphatic carboxylic acids is 2. The molecule has 21 heavy (non-hydrogen) atoms. The second-order valence-corrected chi connectivity index (χ2v) is 3.73. The van der Waals surface area contributed by atoms with E-state index in [-0.39, 0.29) is 26.4 Å². The molecule has 0 aliphatic rings. The van der Waals surface area contributed by atoms with Crippen LogP contribution >= 0.6 is 0 Å². The van der Waals surface area contributed by atoms with Crippen LogP contribution in [-0.2, 0) is 33.3 Å². The zero-order valence-corrected chi connectivity index (χ0v) is 11.8. The van der Waals surface area contributed by atoms with Crippen LogP contribution in [0.2, 0.25) is 0 Å². The number of carboxylic acids is 2. The molecular formula is C12H22O9. The average Bonchev–Trinajstić information content (AvgIpc) is 2.42. The van der Waals surface area contributed by atoms with Crippen LogP contribution in [0, 0.1) is 0 Å². The molecule has 0 amide bonds. The van der Waals surface area contributed by atoms with Gasteiger partial charge in [-0.1, -0.05) is 0 Å². The number of ether oxygens (including phenoxy) is 5. The highest BCUT2D eigenvalue weighted by atomic mass is 16.6. The molecule has 124 valence electrons. The number of carboxylic acid groups (broad SMARTS) is 2. The van der Waals surface area contributed by atoms with Crippen LogP contribution in [-0.4, -0.2) is 88.2 Å². The van der Waals surface area contributed by atoms with Gasteiger partial charge in [-0.15, -0.1) is 0 Å². The smallest absolute Gasteiger partial charge is 0.329 e. The summed E-state index contributed by atoms with van der Waals surface area (Å²) in [6.45, 7) is 2.01. The van der Waals surface area contributed by atoms with Crippen molar-refractivity contribution in [1.29, 1.82) is 0 Å². The van der Waals surface area contributed by atoms with E-state index in [0.29, 0.717) is 39.6 Å². The van der Waals surface area contributed by atoms with Crippen molar-refractivity contribution < 1.29 is 43.5 Å². The fourth-order valence-electron chi connectivity index (χ4n) is 1.10. The lowest BCUT2D eigenvalue weighted by Gasteiger charge is -2.07. The third-order valence-electron chi connectivity index (χ3n) is 1.94. The first-order chi connectivity index (χ1) is 10.1. The highest BCUT2D eigenvalue weighted by Crippen LogP contribution is 1.84. The maximum atomic E-state index is 10.1. The number of hydrogen-bond donors (Lipinski definition) is 2.